The molecule has 2 N–H and O–H groups in total. The van der Waals surface area contributed by atoms with Gasteiger partial charge in [0.2, 0.25) is 0 Å². The van der Waals surface area contributed by atoms with Gasteiger partial charge in [-0.25, -0.2) is 0 Å². The molecule has 0 aromatic heterocycles. The molecule has 0 bridgehead atoms. The Morgan fingerprint density at radius 1 is 1.47 bits per heavy atom. The number of nitrogens with one attached hydrogen (secondary N) is 2. The average molecular weight is 276 g/mol. The molecule has 1 aliphatic rings. The van der Waals surface area contributed by atoms with E-state index < -0.39 is 0 Å². The summed E-state index contributed by atoms with van der Waals surface area (Å²) in [5.41, 5.74) is 0. The van der Waals surface area contributed by atoms with Crippen molar-refractivity contribution >= 4 is 29.1 Å². The van der Waals surface area contributed by atoms with E-state index in [0.29, 0.717) is 11.4 Å². The Balaban J connectivity index is 2.27. The van der Waals surface area contributed by atoms with Crippen LogP contribution in [0.25, 0.3) is 0 Å². The molecule has 0 heterocycles. The predicted molar refractivity (Wildman–Crippen MR) is 79.8 cm³/mol. The van der Waals surface area contributed by atoms with E-state index in [1.807, 2.05) is 11.8 Å². The minimum atomic E-state index is 0.258. The monoisotopic (exact) mass is 276 g/mol. The van der Waals surface area contributed by atoms with Crippen molar-refractivity contribution in [3.63, 3.8) is 0 Å². The third-order valence-electron chi connectivity index (χ3n) is 3.31. The molecule has 0 spiro atoms. The molecule has 0 saturated heterocycles. The van der Waals surface area contributed by atoms with Crippen LogP contribution in [-0.2, 0) is 4.74 Å². The molecule has 5 heteroatoms. The lowest BCUT2D eigenvalue weighted by molar-refractivity contribution is 0.179. The highest BCUT2D eigenvalue weighted by Gasteiger charge is 2.32. The van der Waals surface area contributed by atoms with Gasteiger partial charge < -0.3 is 15.4 Å². The van der Waals surface area contributed by atoms with Crippen LogP contribution >= 0.6 is 24.0 Å². The zero-order chi connectivity index (χ0) is 12.7. The summed E-state index contributed by atoms with van der Waals surface area (Å²) in [4.78, 5) is 0. The Bertz CT molecular complexity index is 243. The van der Waals surface area contributed by atoms with Crippen LogP contribution in [-0.4, -0.2) is 42.4 Å². The molecular weight excluding hydrogens is 252 g/mol. The summed E-state index contributed by atoms with van der Waals surface area (Å²) in [7, 11) is 1.70. The van der Waals surface area contributed by atoms with Gasteiger partial charge in [0.15, 0.2) is 5.11 Å². The van der Waals surface area contributed by atoms with E-state index in [-0.39, 0.29) is 6.04 Å². The molecule has 100 valence electrons. The lowest BCUT2D eigenvalue weighted by atomic mass is 10.1. The van der Waals surface area contributed by atoms with E-state index in [2.05, 4.69) is 23.8 Å². The Hall–Kier alpha value is 0. The minimum absolute atomic E-state index is 0.258. The molecule has 1 rings (SSSR count). The predicted octanol–water partition coefficient (Wildman–Crippen LogP) is 2.16. The van der Waals surface area contributed by atoms with Crippen LogP contribution in [0.1, 0.15) is 32.6 Å². The van der Waals surface area contributed by atoms with Gasteiger partial charge in [0.25, 0.3) is 0 Å². The first kappa shape index (κ1) is 15.1. The van der Waals surface area contributed by atoms with E-state index in [4.69, 9.17) is 17.0 Å². The van der Waals surface area contributed by atoms with Crippen molar-refractivity contribution in [3.8, 4) is 0 Å². The normalized spacial score (nSPS) is 19.9. The molecule has 1 aliphatic carbocycles. The summed E-state index contributed by atoms with van der Waals surface area (Å²) in [6, 6.07) is 0.258. The highest BCUT2D eigenvalue weighted by molar-refractivity contribution is 8.00. The first-order valence-corrected chi connectivity index (χ1v) is 7.83. The number of rotatable bonds is 6. The lowest BCUT2D eigenvalue weighted by Crippen LogP contribution is -2.46. The van der Waals surface area contributed by atoms with Crippen molar-refractivity contribution in [1.82, 2.24) is 10.6 Å². The van der Waals surface area contributed by atoms with Gasteiger partial charge >= 0.3 is 0 Å². The van der Waals surface area contributed by atoms with Crippen LogP contribution in [0.4, 0.5) is 0 Å². The molecule has 1 atom stereocenters. The van der Waals surface area contributed by atoms with Crippen molar-refractivity contribution in [2.45, 2.75) is 43.4 Å². The Kier molecular flexibility index (Phi) is 6.59. The van der Waals surface area contributed by atoms with Crippen molar-refractivity contribution in [3.05, 3.63) is 0 Å². The number of thiocarbonyl (C=S) groups is 1. The number of hydrogen-bond donors (Lipinski definition) is 2. The van der Waals surface area contributed by atoms with Crippen LogP contribution in [0.5, 0.6) is 0 Å². The molecule has 0 amide bonds. The second-order valence-corrected chi connectivity index (χ2v) is 6.46. The summed E-state index contributed by atoms with van der Waals surface area (Å²) in [6.07, 6.45) is 7.51. The standard InChI is InChI=1S/C12H24N2OS2/c1-10(8-15-2)14-11(16)13-9-12(17-3)6-4-5-7-12/h10H,4-9H2,1-3H3,(H2,13,14,16). The third kappa shape index (κ3) is 5.02. The summed E-state index contributed by atoms with van der Waals surface area (Å²) < 4.78 is 5.47. The zero-order valence-electron chi connectivity index (χ0n) is 11.0. The number of hydrogen-bond acceptors (Lipinski definition) is 3. The third-order valence-corrected chi connectivity index (χ3v) is 4.99. The van der Waals surface area contributed by atoms with Gasteiger partial charge in [-0.1, -0.05) is 12.8 Å². The van der Waals surface area contributed by atoms with Gasteiger partial charge in [0.05, 0.1) is 6.61 Å². The maximum Gasteiger partial charge on any atom is 0.166 e. The summed E-state index contributed by atoms with van der Waals surface area (Å²) >= 11 is 7.27. The topological polar surface area (TPSA) is 33.3 Å². The van der Waals surface area contributed by atoms with Gasteiger partial charge in [-0.15, -0.1) is 0 Å². The molecular formula is C12H24N2OS2. The van der Waals surface area contributed by atoms with Gasteiger partial charge in [0, 0.05) is 24.4 Å². The zero-order valence-corrected chi connectivity index (χ0v) is 12.7. The molecule has 0 aliphatic heterocycles. The van der Waals surface area contributed by atoms with Crippen LogP contribution in [0.3, 0.4) is 0 Å². The van der Waals surface area contributed by atoms with Gasteiger partial charge in [-0.3, -0.25) is 0 Å². The smallest absolute Gasteiger partial charge is 0.166 e. The van der Waals surface area contributed by atoms with Crippen molar-refractivity contribution < 1.29 is 4.74 Å². The molecule has 17 heavy (non-hydrogen) atoms. The fraction of sp³-hybridized carbons (Fsp3) is 0.917. The van der Waals surface area contributed by atoms with Crippen molar-refractivity contribution in [2.24, 2.45) is 0 Å². The van der Waals surface area contributed by atoms with Gasteiger partial charge in [-0.2, -0.15) is 11.8 Å². The van der Waals surface area contributed by atoms with Crippen LogP contribution < -0.4 is 10.6 Å². The van der Waals surface area contributed by atoms with Gasteiger partial charge in [0.1, 0.15) is 0 Å². The van der Waals surface area contributed by atoms with Crippen LogP contribution in [0.15, 0.2) is 0 Å². The Morgan fingerprint density at radius 2 is 2.12 bits per heavy atom. The van der Waals surface area contributed by atoms with E-state index in [1.54, 1.807) is 7.11 Å². The first-order valence-electron chi connectivity index (χ1n) is 6.20. The largest absolute Gasteiger partial charge is 0.383 e. The molecule has 3 nitrogen and oxygen atoms in total. The SMILES string of the molecule is COCC(C)NC(=S)NCC1(SC)CCCC1. The van der Waals surface area contributed by atoms with Crippen LogP contribution in [0.2, 0.25) is 0 Å². The van der Waals surface area contributed by atoms with Crippen LogP contribution in [0, 0.1) is 0 Å². The molecule has 1 saturated carbocycles. The highest BCUT2D eigenvalue weighted by Crippen LogP contribution is 2.39. The fourth-order valence-corrected chi connectivity index (χ4v) is 3.47. The minimum Gasteiger partial charge on any atom is -0.383 e. The van der Waals surface area contributed by atoms with E-state index in [0.717, 1.165) is 11.7 Å². The lowest BCUT2D eigenvalue weighted by Gasteiger charge is -2.28. The molecule has 0 aromatic rings. The van der Waals surface area contributed by atoms with E-state index in [1.165, 1.54) is 25.7 Å². The second-order valence-electron chi connectivity index (χ2n) is 4.78. The quantitative estimate of drug-likeness (QED) is 0.727. The van der Waals surface area contributed by atoms with E-state index in [9.17, 15) is 0 Å². The van der Waals surface area contributed by atoms with Crippen molar-refractivity contribution in [2.75, 3.05) is 26.5 Å². The van der Waals surface area contributed by atoms with E-state index >= 15 is 0 Å². The molecule has 1 fully saturated rings. The first-order chi connectivity index (χ1) is 8.12. The molecule has 1 unspecified atom stereocenters. The fourth-order valence-electron chi connectivity index (χ4n) is 2.28. The summed E-state index contributed by atoms with van der Waals surface area (Å²) in [5.74, 6) is 0. The maximum absolute atomic E-state index is 5.29. The molecule has 0 radical (unpaired) electrons. The summed E-state index contributed by atoms with van der Waals surface area (Å²) in [6.45, 7) is 3.71. The number of methoxy groups -OCH3 is 1. The number of ether oxygens (including phenoxy) is 1. The summed E-state index contributed by atoms with van der Waals surface area (Å²) in [5, 5.41) is 7.33. The highest BCUT2D eigenvalue weighted by atomic mass is 32.2. The average Bonchev–Trinajstić information content (AvgIpc) is 2.76. The van der Waals surface area contributed by atoms with Gasteiger partial charge in [-0.05, 0) is 38.2 Å². The maximum atomic E-state index is 5.29. The number of thioether (sulfide) groups is 1. The Labute approximate surface area is 114 Å². The van der Waals surface area contributed by atoms with Crippen molar-refractivity contribution in [1.29, 1.82) is 0 Å². The Morgan fingerprint density at radius 3 is 2.65 bits per heavy atom. The second kappa shape index (κ2) is 7.44. The molecule has 0 aromatic carbocycles.